The molecule has 0 aliphatic rings. The minimum absolute atomic E-state index is 0.0801. The first kappa shape index (κ1) is 26.0. The Balaban J connectivity index is 1.88. The third kappa shape index (κ3) is 5.25. The van der Waals surface area contributed by atoms with Crippen molar-refractivity contribution in [2.24, 2.45) is 5.14 Å². The van der Waals surface area contributed by atoms with Gasteiger partial charge in [-0.1, -0.05) is 24.0 Å². The van der Waals surface area contributed by atoms with E-state index in [1.54, 1.807) is 0 Å². The van der Waals surface area contributed by atoms with Crippen LogP contribution in [0.25, 0.3) is 16.9 Å². The number of nitrogens with two attached hydrogens (primary N) is 1. The molecule has 0 saturated carbocycles. The van der Waals surface area contributed by atoms with E-state index < -0.39 is 61.4 Å². The molecule has 192 valence electrons. The predicted molar refractivity (Wildman–Crippen MR) is 112 cm³/mol. The molecule has 4 aromatic rings. The molecule has 15 heteroatoms. The van der Waals surface area contributed by atoms with Crippen LogP contribution in [0, 0.1) is 23.5 Å². The average molecular weight is 546 g/mol. The second-order valence-electron chi connectivity index (χ2n) is 7.45. The van der Waals surface area contributed by atoms with Crippen LogP contribution in [-0.2, 0) is 22.4 Å². The first-order chi connectivity index (χ1) is 17.1. The van der Waals surface area contributed by atoms with E-state index in [9.17, 15) is 43.5 Å². The van der Waals surface area contributed by atoms with Crippen LogP contribution in [0.15, 0.2) is 53.6 Å². The van der Waals surface area contributed by atoms with Crippen LogP contribution in [-0.4, -0.2) is 23.0 Å². The van der Waals surface area contributed by atoms with E-state index in [-0.39, 0.29) is 22.9 Å². The maximum Gasteiger partial charge on any atom is 0.433 e. The number of hydrogen-bond donors (Lipinski definition) is 1. The summed E-state index contributed by atoms with van der Waals surface area (Å²) in [5, 5.41) is 8.46. The van der Waals surface area contributed by atoms with Gasteiger partial charge in [0.05, 0.1) is 28.6 Å². The van der Waals surface area contributed by atoms with Crippen molar-refractivity contribution in [3.05, 3.63) is 82.7 Å². The molecule has 37 heavy (non-hydrogen) atoms. The van der Waals surface area contributed by atoms with Gasteiger partial charge in [-0.2, -0.15) is 31.4 Å². The molecule has 0 radical (unpaired) electrons. The zero-order chi connectivity index (χ0) is 27.3. The molecule has 0 aliphatic carbocycles. The molecule has 0 unspecified atom stereocenters. The summed E-state index contributed by atoms with van der Waals surface area (Å²) in [6.45, 7) is 0. The van der Waals surface area contributed by atoms with Crippen molar-refractivity contribution in [2.75, 3.05) is 0 Å². The third-order valence-corrected chi connectivity index (χ3v) is 5.86. The summed E-state index contributed by atoms with van der Waals surface area (Å²) in [5.74, 6) is 1.73. The van der Waals surface area contributed by atoms with Crippen LogP contribution in [0.3, 0.4) is 0 Å². The van der Waals surface area contributed by atoms with E-state index in [1.165, 1.54) is 0 Å². The van der Waals surface area contributed by atoms with Crippen LogP contribution in [0.1, 0.15) is 22.4 Å². The highest BCUT2D eigenvalue weighted by molar-refractivity contribution is 7.89. The van der Waals surface area contributed by atoms with E-state index in [0.717, 1.165) is 18.3 Å². The Bertz CT molecular complexity index is 1700. The fraction of sp³-hybridized carbons (Fsp3) is 0.0909. The molecule has 0 aliphatic heterocycles. The third-order valence-electron chi connectivity index (χ3n) is 4.93. The van der Waals surface area contributed by atoms with Gasteiger partial charge in [0.15, 0.2) is 11.3 Å². The number of halogens is 8. The summed E-state index contributed by atoms with van der Waals surface area (Å²) in [6, 6.07) is 4.54. The van der Waals surface area contributed by atoms with Gasteiger partial charge < -0.3 is 0 Å². The first-order valence-electron chi connectivity index (χ1n) is 9.73. The maximum atomic E-state index is 14.1. The predicted octanol–water partition coefficient (Wildman–Crippen LogP) is 4.76. The fourth-order valence-corrected chi connectivity index (χ4v) is 3.82. The molecule has 0 amide bonds. The van der Waals surface area contributed by atoms with Gasteiger partial charge in [0.2, 0.25) is 10.0 Å². The number of sulfonamides is 1. The summed E-state index contributed by atoms with van der Waals surface area (Å²) < 4.78 is 131. The van der Waals surface area contributed by atoms with E-state index in [4.69, 9.17) is 5.14 Å². The van der Waals surface area contributed by atoms with Crippen LogP contribution in [0.5, 0.6) is 0 Å². The van der Waals surface area contributed by atoms with Gasteiger partial charge >= 0.3 is 12.4 Å². The Labute approximate surface area is 202 Å². The van der Waals surface area contributed by atoms with Gasteiger partial charge in [0, 0.05) is 11.6 Å². The van der Waals surface area contributed by atoms with Gasteiger partial charge in [-0.15, -0.1) is 0 Å². The molecule has 0 spiro atoms. The minimum atomic E-state index is -4.97. The topological polar surface area (TPSA) is 90.4 Å². The molecule has 2 aromatic carbocycles. The molecule has 2 N–H and O–H groups in total. The molecule has 2 aromatic heterocycles. The zero-order valence-electron chi connectivity index (χ0n) is 17.8. The quantitative estimate of drug-likeness (QED) is 0.290. The lowest BCUT2D eigenvalue weighted by Gasteiger charge is -2.12. The van der Waals surface area contributed by atoms with Crippen LogP contribution in [0.4, 0.5) is 35.1 Å². The first-order valence-corrected chi connectivity index (χ1v) is 11.3. The Morgan fingerprint density at radius 1 is 0.838 bits per heavy atom. The zero-order valence-corrected chi connectivity index (χ0v) is 18.6. The van der Waals surface area contributed by atoms with Crippen LogP contribution in [0.2, 0.25) is 0 Å². The number of benzene rings is 2. The van der Waals surface area contributed by atoms with Crippen molar-refractivity contribution < 1.29 is 43.5 Å². The fourth-order valence-electron chi connectivity index (χ4n) is 3.21. The molecule has 0 saturated heterocycles. The number of hydrogen-bond acceptors (Lipinski definition) is 4. The van der Waals surface area contributed by atoms with Gasteiger partial charge in [0.25, 0.3) is 0 Å². The molecule has 4 rings (SSSR count). The smallest absolute Gasteiger partial charge is 0.227 e. The van der Waals surface area contributed by atoms with Crippen molar-refractivity contribution in [1.82, 2.24) is 14.6 Å². The number of nitrogens with zero attached hydrogens (tertiary/aromatic N) is 3. The lowest BCUT2D eigenvalue weighted by Crippen LogP contribution is -2.14. The normalized spacial score (nSPS) is 12.5. The Morgan fingerprint density at radius 2 is 1.46 bits per heavy atom. The Morgan fingerprint density at radius 3 is 2.03 bits per heavy atom. The summed E-state index contributed by atoms with van der Waals surface area (Å²) in [7, 11) is -4.58. The van der Waals surface area contributed by atoms with Gasteiger partial charge in [0.1, 0.15) is 16.5 Å². The van der Waals surface area contributed by atoms with Crippen molar-refractivity contribution in [2.45, 2.75) is 17.2 Å². The Hall–Kier alpha value is -4.03. The van der Waals surface area contributed by atoms with Gasteiger partial charge in [-0.3, -0.25) is 0 Å². The molecule has 0 fully saturated rings. The summed E-state index contributed by atoms with van der Waals surface area (Å²) >= 11 is 0. The van der Waals surface area contributed by atoms with Gasteiger partial charge in [-0.25, -0.2) is 31.8 Å². The van der Waals surface area contributed by atoms with E-state index in [1.807, 2.05) is 0 Å². The van der Waals surface area contributed by atoms with E-state index in [0.29, 0.717) is 28.8 Å². The highest BCUT2D eigenvalue weighted by atomic mass is 32.2. The molecular weight excluding hydrogens is 536 g/mol. The molecule has 2 heterocycles. The lowest BCUT2D eigenvalue weighted by molar-refractivity contribution is -0.142. The maximum absolute atomic E-state index is 14.1. The number of alkyl halides is 6. The van der Waals surface area contributed by atoms with Crippen molar-refractivity contribution in [3.8, 4) is 23.1 Å². The van der Waals surface area contributed by atoms with Crippen molar-refractivity contribution in [3.63, 3.8) is 0 Å². The summed E-state index contributed by atoms with van der Waals surface area (Å²) in [4.78, 5) is 2.97. The standard InChI is InChI=1S/C22H10F8N4O2S/c23-15-8-16(24)18(37(31,35)36)7-12(15)1-2-13-10-32-34-19(22(28,29)30)9-17(33-20(13)34)11-3-5-14(6-4-11)21(25,26)27/h3-10H,(H2,31,35,36). The number of primary sulfonamides is 1. The van der Waals surface area contributed by atoms with Crippen LogP contribution >= 0.6 is 0 Å². The molecule has 6 nitrogen and oxygen atoms in total. The summed E-state index contributed by atoms with van der Waals surface area (Å²) in [6.07, 6.45) is -8.77. The highest BCUT2D eigenvalue weighted by Crippen LogP contribution is 2.34. The molecule has 0 atom stereocenters. The van der Waals surface area contributed by atoms with Crippen molar-refractivity contribution >= 4 is 15.7 Å². The Kier molecular flexibility index (Phi) is 6.21. The van der Waals surface area contributed by atoms with Crippen LogP contribution < -0.4 is 5.14 Å². The minimum Gasteiger partial charge on any atom is -0.227 e. The second kappa shape index (κ2) is 8.82. The largest absolute Gasteiger partial charge is 0.433 e. The monoisotopic (exact) mass is 546 g/mol. The number of aromatic nitrogens is 3. The SMILES string of the molecule is NS(=O)(=O)c1cc(C#Cc2cnn3c(C(F)(F)F)cc(-c4ccc(C(F)(F)F)cc4)nc23)c(F)cc1F. The molecule has 0 bridgehead atoms. The van der Waals surface area contributed by atoms with Crippen molar-refractivity contribution in [1.29, 1.82) is 0 Å². The van der Waals surface area contributed by atoms with E-state index in [2.05, 4.69) is 21.9 Å². The average Bonchev–Trinajstić information content (AvgIpc) is 3.18. The number of rotatable bonds is 2. The lowest BCUT2D eigenvalue weighted by atomic mass is 10.1. The van der Waals surface area contributed by atoms with Gasteiger partial charge in [-0.05, 0) is 24.3 Å². The summed E-state index contributed by atoms with van der Waals surface area (Å²) in [5.41, 5.74) is -4.19. The van der Waals surface area contributed by atoms with E-state index >= 15 is 0 Å². The number of fused-ring (bicyclic) bond motifs is 1. The molecular formula is C22H10F8N4O2S. The highest BCUT2D eigenvalue weighted by Gasteiger charge is 2.36. The second-order valence-corrected chi connectivity index (χ2v) is 8.98.